The normalized spacial score (nSPS) is 11.1. The van der Waals surface area contributed by atoms with Gasteiger partial charge in [-0.2, -0.15) is 0 Å². The first-order valence-corrected chi connectivity index (χ1v) is 9.63. The summed E-state index contributed by atoms with van der Waals surface area (Å²) in [6.07, 6.45) is 1.95. The minimum absolute atomic E-state index is 0.00891. The first-order chi connectivity index (χ1) is 13.2. The molecule has 28 heavy (non-hydrogen) atoms. The van der Waals surface area contributed by atoms with Crippen molar-refractivity contribution in [1.29, 1.82) is 0 Å². The second kappa shape index (κ2) is 9.53. The fraction of sp³-hybridized carbons (Fsp3) is 0.455. The van der Waals surface area contributed by atoms with Crippen molar-refractivity contribution < 1.29 is 14.0 Å². The number of amides is 2. The molecule has 0 bridgehead atoms. The van der Waals surface area contributed by atoms with Gasteiger partial charge in [0.2, 0.25) is 5.91 Å². The maximum absolute atomic E-state index is 13.2. The molecule has 5 nitrogen and oxygen atoms in total. The Hall–Kier alpha value is -2.63. The Balaban J connectivity index is 2.18. The summed E-state index contributed by atoms with van der Waals surface area (Å²) >= 11 is 0. The highest BCUT2D eigenvalue weighted by Gasteiger charge is 2.25. The van der Waals surface area contributed by atoms with E-state index in [1.165, 1.54) is 29.2 Å². The molecule has 0 aliphatic rings. The van der Waals surface area contributed by atoms with Crippen LogP contribution < -0.4 is 0 Å². The zero-order valence-electron chi connectivity index (χ0n) is 17.4. The molecule has 6 heteroatoms. The van der Waals surface area contributed by atoms with E-state index in [0.29, 0.717) is 24.6 Å². The maximum atomic E-state index is 13.2. The van der Waals surface area contributed by atoms with E-state index >= 15 is 0 Å². The zero-order chi connectivity index (χ0) is 20.8. The highest BCUT2D eigenvalue weighted by Crippen LogP contribution is 2.13. The van der Waals surface area contributed by atoms with E-state index in [4.69, 9.17) is 0 Å². The molecule has 1 aromatic carbocycles. The van der Waals surface area contributed by atoms with Gasteiger partial charge in [-0.15, -0.1) is 0 Å². The molecule has 0 unspecified atom stereocenters. The van der Waals surface area contributed by atoms with Crippen molar-refractivity contribution in [2.24, 2.45) is 13.0 Å². The lowest BCUT2D eigenvalue weighted by atomic mass is 10.1. The Bertz CT molecular complexity index is 796. The molecule has 2 rings (SSSR count). The quantitative estimate of drug-likeness (QED) is 0.693. The maximum Gasteiger partial charge on any atom is 0.254 e. The van der Waals surface area contributed by atoms with Crippen LogP contribution in [0.15, 0.2) is 42.6 Å². The summed E-state index contributed by atoms with van der Waals surface area (Å²) in [6, 6.07) is 9.21. The summed E-state index contributed by atoms with van der Waals surface area (Å²) < 4.78 is 15.2. The van der Waals surface area contributed by atoms with Crippen LogP contribution in [0.25, 0.3) is 0 Å². The van der Waals surface area contributed by atoms with Crippen molar-refractivity contribution in [2.45, 2.75) is 40.3 Å². The van der Waals surface area contributed by atoms with Crippen LogP contribution in [-0.2, 0) is 18.4 Å². The molecule has 152 valence electrons. The third kappa shape index (κ3) is 5.68. The van der Waals surface area contributed by atoms with Gasteiger partial charge < -0.3 is 14.4 Å². The number of rotatable bonds is 8. The molecule has 2 aromatic rings. The Labute approximate surface area is 166 Å². The second-order valence-corrected chi connectivity index (χ2v) is 7.81. The molecule has 1 heterocycles. The third-order valence-electron chi connectivity index (χ3n) is 4.62. The van der Waals surface area contributed by atoms with Gasteiger partial charge in [0, 0.05) is 37.1 Å². The highest BCUT2D eigenvalue weighted by atomic mass is 19.1. The van der Waals surface area contributed by atoms with Crippen LogP contribution in [0.4, 0.5) is 4.39 Å². The average Bonchev–Trinajstić information content (AvgIpc) is 3.03. The summed E-state index contributed by atoms with van der Waals surface area (Å²) in [7, 11) is 1.95. The van der Waals surface area contributed by atoms with Gasteiger partial charge in [-0.25, -0.2) is 4.39 Å². The van der Waals surface area contributed by atoms with Crippen molar-refractivity contribution in [3.63, 3.8) is 0 Å². The summed E-state index contributed by atoms with van der Waals surface area (Å²) in [5, 5.41) is 0. The molecule has 0 atom stereocenters. The molecule has 0 spiro atoms. The number of aromatic nitrogens is 1. The smallest absolute Gasteiger partial charge is 0.254 e. The van der Waals surface area contributed by atoms with E-state index in [2.05, 4.69) is 13.8 Å². The molecule has 0 N–H and O–H groups in total. The zero-order valence-corrected chi connectivity index (χ0v) is 17.4. The predicted octanol–water partition coefficient (Wildman–Crippen LogP) is 3.70. The van der Waals surface area contributed by atoms with E-state index in [1.807, 2.05) is 43.8 Å². The topological polar surface area (TPSA) is 45.6 Å². The van der Waals surface area contributed by atoms with Crippen molar-refractivity contribution in [3.05, 3.63) is 59.7 Å². The Kier molecular flexibility index (Phi) is 7.38. The number of benzene rings is 1. The number of hydrogen-bond acceptors (Lipinski definition) is 2. The standard InChI is InChI=1S/C22H30FN3O2/c1-16(2)13-25(14-20-7-6-12-24(20)5)21(27)15-26(17(3)4)22(28)18-8-10-19(23)11-9-18/h6-12,16-17H,13-15H2,1-5H3. The summed E-state index contributed by atoms with van der Waals surface area (Å²) in [6.45, 7) is 8.98. The summed E-state index contributed by atoms with van der Waals surface area (Å²) in [5.74, 6) is -0.454. The number of halogens is 1. The number of nitrogens with zero attached hydrogens (tertiary/aromatic N) is 3. The van der Waals surface area contributed by atoms with Gasteiger partial charge in [0.25, 0.3) is 5.91 Å². The van der Waals surface area contributed by atoms with E-state index in [0.717, 1.165) is 5.69 Å². The van der Waals surface area contributed by atoms with Crippen LogP contribution in [0.2, 0.25) is 0 Å². The Morgan fingerprint density at radius 2 is 1.71 bits per heavy atom. The largest absolute Gasteiger partial charge is 0.353 e. The van der Waals surface area contributed by atoms with E-state index in [-0.39, 0.29) is 24.4 Å². The van der Waals surface area contributed by atoms with Crippen LogP contribution in [0.3, 0.4) is 0 Å². The summed E-state index contributed by atoms with van der Waals surface area (Å²) in [4.78, 5) is 29.3. The predicted molar refractivity (Wildman–Crippen MR) is 108 cm³/mol. The lowest BCUT2D eigenvalue weighted by Crippen LogP contribution is -2.46. The van der Waals surface area contributed by atoms with Gasteiger partial charge in [0.15, 0.2) is 0 Å². The average molecular weight is 387 g/mol. The Morgan fingerprint density at radius 3 is 2.21 bits per heavy atom. The van der Waals surface area contributed by atoms with Gasteiger partial charge in [-0.3, -0.25) is 9.59 Å². The fourth-order valence-corrected chi connectivity index (χ4v) is 3.04. The molecule has 1 aromatic heterocycles. The molecular formula is C22H30FN3O2. The monoisotopic (exact) mass is 387 g/mol. The van der Waals surface area contributed by atoms with Crippen LogP contribution in [0, 0.1) is 11.7 Å². The number of carbonyl (C=O) groups excluding carboxylic acids is 2. The van der Waals surface area contributed by atoms with E-state index in [9.17, 15) is 14.0 Å². The summed E-state index contributed by atoms with van der Waals surface area (Å²) in [5.41, 5.74) is 1.41. The van der Waals surface area contributed by atoms with Crippen molar-refractivity contribution in [2.75, 3.05) is 13.1 Å². The van der Waals surface area contributed by atoms with Crippen molar-refractivity contribution in [3.8, 4) is 0 Å². The molecule has 0 saturated carbocycles. The lowest BCUT2D eigenvalue weighted by Gasteiger charge is -2.31. The van der Waals surface area contributed by atoms with Crippen LogP contribution >= 0.6 is 0 Å². The minimum atomic E-state index is -0.394. The fourth-order valence-electron chi connectivity index (χ4n) is 3.04. The SMILES string of the molecule is CC(C)CN(Cc1cccn1C)C(=O)CN(C(=O)c1ccc(F)cc1)C(C)C. The van der Waals surface area contributed by atoms with Crippen molar-refractivity contribution >= 4 is 11.8 Å². The highest BCUT2D eigenvalue weighted by molar-refractivity contribution is 5.96. The number of hydrogen-bond donors (Lipinski definition) is 0. The lowest BCUT2D eigenvalue weighted by molar-refractivity contribution is -0.133. The first-order valence-electron chi connectivity index (χ1n) is 9.63. The van der Waals surface area contributed by atoms with Gasteiger partial charge in [0.1, 0.15) is 12.4 Å². The molecular weight excluding hydrogens is 357 g/mol. The van der Waals surface area contributed by atoms with Gasteiger partial charge >= 0.3 is 0 Å². The van der Waals surface area contributed by atoms with E-state index < -0.39 is 5.82 Å². The van der Waals surface area contributed by atoms with Gasteiger partial charge in [-0.1, -0.05) is 13.8 Å². The molecule has 0 aliphatic heterocycles. The number of carbonyl (C=O) groups is 2. The minimum Gasteiger partial charge on any atom is -0.353 e. The molecule has 0 fully saturated rings. The van der Waals surface area contributed by atoms with E-state index in [1.54, 1.807) is 4.90 Å². The van der Waals surface area contributed by atoms with Crippen LogP contribution in [0.1, 0.15) is 43.7 Å². The third-order valence-corrected chi connectivity index (χ3v) is 4.62. The molecule has 2 amide bonds. The number of aryl methyl sites for hydroxylation is 1. The molecule has 0 aliphatic carbocycles. The molecule has 0 radical (unpaired) electrons. The van der Waals surface area contributed by atoms with Crippen LogP contribution in [-0.4, -0.2) is 45.3 Å². The van der Waals surface area contributed by atoms with Crippen molar-refractivity contribution in [1.82, 2.24) is 14.4 Å². The molecule has 0 saturated heterocycles. The Morgan fingerprint density at radius 1 is 1.07 bits per heavy atom. The van der Waals surface area contributed by atoms with Crippen LogP contribution in [0.5, 0.6) is 0 Å². The second-order valence-electron chi connectivity index (χ2n) is 7.81. The van der Waals surface area contributed by atoms with Gasteiger partial charge in [0.05, 0.1) is 6.54 Å². The van der Waals surface area contributed by atoms with Gasteiger partial charge in [-0.05, 0) is 56.2 Å². The first kappa shape index (κ1) is 21.7.